The molecule has 9 rings (SSSR count). The van der Waals surface area contributed by atoms with Crippen molar-refractivity contribution in [2.45, 2.75) is 0 Å². The molecule has 7 aromatic carbocycles. The first-order valence-electron chi connectivity index (χ1n) is 16.2. The molecule has 9 aromatic rings. The lowest BCUT2D eigenvalue weighted by Crippen LogP contribution is -2.00. The number of nitriles is 2. The minimum atomic E-state index is 0.541. The van der Waals surface area contributed by atoms with Gasteiger partial charge in [-0.25, -0.2) is 4.85 Å². The Balaban J connectivity index is 1.36. The molecule has 2 heterocycles. The molecule has 0 radical (unpaired) electrons. The highest BCUT2D eigenvalue weighted by Gasteiger charge is 2.19. The van der Waals surface area contributed by atoms with E-state index in [4.69, 9.17) is 6.57 Å². The fourth-order valence-corrected chi connectivity index (χ4v) is 7.34. The van der Waals surface area contributed by atoms with E-state index >= 15 is 0 Å². The summed E-state index contributed by atoms with van der Waals surface area (Å²) in [7, 11) is 0. The summed E-state index contributed by atoms with van der Waals surface area (Å²) in [6.07, 6.45) is 0. The van der Waals surface area contributed by atoms with Crippen molar-refractivity contribution in [3.63, 3.8) is 0 Å². The summed E-state index contributed by atoms with van der Waals surface area (Å²) >= 11 is 0. The van der Waals surface area contributed by atoms with Gasteiger partial charge in [-0.2, -0.15) is 10.5 Å². The number of fused-ring (bicyclic) bond motifs is 6. The molecule has 230 valence electrons. The SMILES string of the molecule is [C-]#[N+]c1ccc2c(c1)c1ccccc1n2-c1cc(-c2ccccc2)ccc1-c1cc(C#N)cc(-n2c3ccccc3c3cc(C#N)ccc32)c1. The molecular formula is C45H25N5. The molecule has 0 unspecified atom stereocenters. The topological polar surface area (TPSA) is 61.8 Å². The molecule has 0 spiro atoms. The smallest absolute Gasteiger partial charge is 0.188 e. The fourth-order valence-electron chi connectivity index (χ4n) is 7.34. The number of hydrogen-bond acceptors (Lipinski definition) is 2. The predicted octanol–water partition coefficient (Wildman–Crippen LogP) is 11.5. The molecule has 0 saturated carbocycles. The standard InChI is InChI=1S/C45H25N5/c1-48-34-17-20-44-40(26-34)38-12-6-8-14-42(38)50(44)45-25-32(31-9-3-2-4-10-31)16-18-36(45)33-21-30(28-47)22-35(24-33)49-41-13-7-5-11-37(41)39-23-29(27-46)15-19-43(39)49/h2-26H. The van der Waals surface area contributed by atoms with Crippen LogP contribution in [0.1, 0.15) is 11.1 Å². The number of para-hydroxylation sites is 2. The van der Waals surface area contributed by atoms with Gasteiger partial charge in [-0.05, 0) is 88.8 Å². The first kappa shape index (κ1) is 28.8. The van der Waals surface area contributed by atoms with Gasteiger partial charge in [-0.3, -0.25) is 0 Å². The van der Waals surface area contributed by atoms with Gasteiger partial charge in [0.25, 0.3) is 0 Å². The highest BCUT2D eigenvalue weighted by molar-refractivity contribution is 6.11. The maximum atomic E-state index is 10.4. The van der Waals surface area contributed by atoms with Gasteiger partial charge in [0, 0.05) is 27.4 Å². The lowest BCUT2D eigenvalue weighted by atomic mass is 9.96. The molecule has 0 saturated heterocycles. The van der Waals surface area contributed by atoms with Crippen LogP contribution in [0.15, 0.2) is 152 Å². The number of benzene rings is 7. The van der Waals surface area contributed by atoms with Crippen LogP contribution in [-0.4, -0.2) is 9.13 Å². The lowest BCUT2D eigenvalue weighted by Gasteiger charge is -2.18. The van der Waals surface area contributed by atoms with Crippen LogP contribution in [0.4, 0.5) is 5.69 Å². The summed E-state index contributed by atoms with van der Waals surface area (Å²) < 4.78 is 4.46. The Bertz CT molecular complexity index is 2960. The molecule has 0 aliphatic heterocycles. The summed E-state index contributed by atoms with van der Waals surface area (Å²) in [6, 6.07) is 55.7. The highest BCUT2D eigenvalue weighted by Crippen LogP contribution is 2.41. The van der Waals surface area contributed by atoms with Crippen molar-refractivity contribution in [2.75, 3.05) is 0 Å². The third kappa shape index (κ3) is 4.45. The maximum Gasteiger partial charge on any atom is 0.188 e. The molecule has 5 nitrogen and oxygen atoms in total. The van der Waals surface area contributed by atoms with Crippen LogP contribution in [-0.2, 0) is 0 Å². The Morgan fingerprint density at radius 3 is 1.84 bits per heavy atom. The van der Waals surface area contributed by atoms with Crippen molar-refractivity contribution >= 4 is 49.3 Å². The van der Waals surface area contributed by atoms with Crippen LogP contribution >= 0.6 is 0 Å². The van der Waals surface area contributed by atoms with Crippen LogP contribution < -0.4 is 0 Å². The highest BCUT2D eigenvalue weighted by atomic mass is 15.0. The molecule has 2 aromatic heterocycles. The Morgan fingerprint density at radius 1 is 0.460 bits per heavy atom. The summed E-state index contributed by atoms with van der Waals surface area (Å²) in [6.45, 7) is 7.68. The quantitative estimate of drug-likeness (QED) is 0.181. The lowest BCUT2D eigenvalue weighted by molar-refractivity contribution is 1.17. The Kier molecular flexibility index (Phi) is 6.56. The zero-order chi connectivity index (χ0) is 33.8. The van der Waals surface area contributed by atoms with E-state index in [9.17, 15) is 10.5 Å². The van der Waals surface area contributed by atoms with E-state index in [2.05, 4.69) is 86.8 Å². The van der Waals surface area contributed by atoms with E-state index in [-0.39, 0.29) is 0 Å². The van der Waals surface area contributed by atoms with E-state index in [0.717, 1.165) is 77.2 Å². The van der Waals surface area contributed by atoms with Gasteiger partial charge in [0.05, 0.1) is 57.6 Å². The summed E-state index contributed by atoms with van der Waals surface area (Å²) in [5.41, 5.74) is 11.6. The molecule has 0 fully saturated rings. The second kappa shape index (κ2) is 11.4. The summed E-state index contributed by atoms with van der Waals surface area (Å²) in [5, 5.41) is 24.2. The van der Waals surface area contributed by atoms with Gasteiger partial charge < -0.3 is 9.13 Å². The zero-order valence-corrected chi connectivity index (χ0v) is 26.7. The first-order chi connectivity index (χ1) is 24.6. The zero-order valence-electron chi connectivity index (χ0n) is 26.7. The van der Waals surface area contributed by atoms with Crippen LogP contribution in [0.3, 0.4) is 0 Å². The number of aromatic nitrogens is 2. The number of hydrogen-bond donors (Lipinski definition) is 0. The molecule has 5 heteroatoms. The Morgan fingerprint density at radius 2 is 1.10 bits per heavy atom. The van der Waals surface area contributed by atoms with Crippen LogP contribution in [0.2, 0.25) is 0 Å². The summed E-state index contributed by atoms with van der Waals surface area (Å²) in [4.78, 5) is 3.73. The molecule has 0 aliphatic carbocycles. The van der Waals surface area contributed by atoms with E-state index in [0.29, 0.717) is 16.8 Å². The van der Waals surface area contributed by atoms with E-state index in [1.54, 1.807) is 0 Å². The largest absolute Gasteiger partial charge is 0.309 e. The van der Waals surface area contributed by atoms with Gasteiger partial charge in [0.1, 0.15) is 0 Å². The van der Waals surface area contributed by atoms with Gasteiger partial charge in [0.15, 0.2) is 5.69 Å². The average Bonchev–Trinajstić information content (AvgIpc) is 3.69. The van der Waals surface area contributed by atoms with Crippen molar-refractivity contribution in [1.29, 1.82) is 10.5 Å². The molecule has 50 heavy (non-hydrogen) atoms. The normalized spacial score (nSPS) is 11.1. The predicted molar refractivity (Wildman–Crippen MR) is 202 cm³/mol. The number of rotatable bonds is 4. The number of nitrogens with zero attached hydrogens (tertiary/aromatic N) is 5. The average molecular weight is 636 g/mol. The second-order valence-electron chi connectivity index (χ2n) is 12.3. The molecule has 0 atom stereocenters. The second-order valence-corrected chi connectivity index (χ2v) is 12.3. The monoisotopic (exact) mass is 635 g/mol. The fraction of sp³-hybridized carbons (Fsp3) is 0. The van der Waals surface area contributed by atoms with Crippen LogP contribution in [0.5, 0.6) is 0 Å². The minimum Gasteiger partial charge on any atom is -0.309 e. The maximum absolute atomic E-state index is 10.4. The van der Waals surface area contributed by atoms with Gasteiger partial charge in [-0.1, -0.05) is 84.9 Å². The van der Waals surface area contributed by atoms with E-state index in [1.165, 1.54) is 0 Å². The van der Waals surface area contributed by atoms with Gasteiger partial charge >= 0.3 is 0 Å². The van der Waals surface area contributed by atoms with E-state index < -0.39 is 0 Å². The van der Waals surface area contributed by atoms with Crippen molar-refractivity contribution in [1.82, 2.24) is 9.13 Å². The minimum absolute atomic E-state index is 0.541. The van der Waals surface area contributed by atoms with E-state index in [1.807, 2.05) is 91.0 Å². The summed E-state index contributed by atoms with van der Waals surface area (Å²) in [5.74, 6) is 0. The molecular weight excluding hydrogens is 611 g/mol. The third-order valence-corrected chi connectivity index (χ3v) is 9.55. The Hall–Kier alpha value is -7.39. The van der Waals surface area contributed by atoms with Crippen molar-refractivity contribution < 1.29 is 0 Å². The first-order valence-corrected chi connectivity index (χ1v) is 16.2. The molecule has 0 amide bonds. The van der Waals surface area contributed by atoms with Crippen LogP contribution in [0, 0.1) is 29.2 Å². The third-order valence-electron chi connectivity index (χ3n) is 9.55. The molecule has 0 aliphatic rings. The van der Waals surface area contributed by atoms with Crippen molar-refractivity contribution in [3.8, 4) is 45.8 Å². The van der Waals surface area contributed by atoms with Gasteiger partial charge in [0.2, 0.25) is 0 Å². The van der Waals surface area contributed by atoms with Gasteiger partial charge in [-0.15, -0.1) is 0 Å². The molecule has 0 bridgehead atoms. The van der Waals surface area contributed by atoms with Crippen molar-refractivity contribution in [2.24, 2.45) is 0 Å². The van der Waals surface area contributed by atoms with Crippen LogP contribution in [0.25, 0.3) is 82.1 Å². The van der Waals surface area contributed by atoms with Crippen molar-refractivity contribution in [3.05, 3.63) is 174 Å². The Labute approximate surface area is 288 Å². The molecule has 0 N–H and O–H groups in total.